The standard InChI is InChI=1S/C16H11BrFN3/c1-2-21-14-7-6-10(9-19)8-13(14)20-16(21)15-11(17)4-3-5-12(15)18/h3-8H,2H2,1H3. The average Bonchev–Trinajstić information content (AvgIpc) is 2.84. The predicted molar refractivity (Wildman–Crippen MR) is 83.2 cm³/mol. The first kappa shape index (κ1) is 13.8. The first-order valence-corrected chi connectivity index (χ1v) is 7.29. The van der Waals surface area contributed by atoms with Gasteiger partial charge in [-0.1, -0.05) is 6.07 Å². The Hall–Kier alpha value is -2.19. The fourth-order valence-corrected chi connectivity index (χ4v) is 2.94. The fourth-order valence-electron chi connectivity index (χ4n) is 2.42. The molecular weight excluding hydrogens is 333 g/mol. The molecule has 0 amide bonds. The molecule has 3 aromatic rings. The van der Waals surface area contributed by atoms with E-state index in [2.05, 4.69) is 27.0 Å². The Morgan fingerprint density at radius 1 is 1.33 bits per heavy atom. The van der Waals surface area contributed by atoms with Gasteiger partial charge in [-0.2, -0.15) is 5.26 Å². The van der Waals surface area contributed by atoms with E-state index < -0.39 is 0 Å². The van der Waals surface area contributed by atoms with Gasteiger partial charge in [-0.25, -0.2) is 9.37 Å². The topological polar surface area (TPSA) is 41.6 Å². The van der Waals surface area contributed by atoms with Gasteiger partial charge in [-0.15, -0.1) is 0 Å². The van der Waals surface area contributed by atoms with Crippen LogP contribution in [-0.2, 0) is 6.54 Å². The molecule has 0 N–H and O–H groups in total. The zero-order valence-corrected chi connectivity index (χ0v) is 12.9. The number of halogens is 2. The van der Waals surface area contributed by atoms with E-state index in [1.807, 2.05) is 17.6 Å². The van der Waals surface area contributed by atoms with Crippen molar-refractivity contribution in [1.82, 2.24) is 9.55 Å². The molecule has 104 valence electrons. The van der Waals surface area contributed by atoms with Crippen molar-refractivity contribution in [2.45, 2.75) is 13.5 Å². The Labute approximate surface area is 129 Å². The average molecular weight is 344 g/mol. The number of nitrogens with zero attached hydrogens (tertiary/aromatic N) is 3. The second-order valence-corrected chi connectivity index (χ2v) is 5.45. The Morgan fingerprint density at radius 2 is 2.14 bits per heavy atom. The number of hydrogen-bond donors (Lipinski definition) is 0. The molecule has 0 fully saturated rings. The van der Waals surface area contributed by atoms with Crippen molar-refractivity contribution in [3.8, 4) is 17.5 Å². The molecule has 0 aliphatic rings. The summed E-state index contributed by atoms with van der Waals surface area (Å²) in [5.74, 6) is 0.238. The summed E-state index contributed by atoms with van der Waals surface area (Å²) in [6.45, 7) is 2.65. The molecular formula is C16H11BrFN3. The number of aryl methyl sites for hydroxylation is 1. The third kappa shape index (κ3) is 2.22. The van der Waals surface area contributed by atoms with Gasteiger partial charge < -0.3 is 4.57 Å². The molecule has 21 heavy (non-hydrogen) atoms. The molecule has 0 saturated heterocycles. The normalized spacial score (nSPS) is 10.8. The van der Waals surface area contributed by atoms with Crippen LogP contribution in [0.25, 0.3) is 22.4 Å². The van der Waals surface area contributed by atoms with Crippen molar-refractivity contribution in [1.29, 1.82) is 5.26 Å². The maximum atomic E-state index is 14.2. The van der Waals surface area contributed by atoms with Gasteiger partial charge in [0.25, 0.3) is 0 Å². The van der Waals surface area contributed by atoms with Crippen LogP contribution in [0.5, 0.6) is 0 Å². The third-order valence-corrected chi connectivity index (χ3v) is 4.04. The zero-order valence-electron chi connectivity index (χ0n) is 11.3. The van der Waals surface area contributed by atoms with Gasteiger partial charge >= 0.3 is 0 Å². The molecule has 0 radical (unpaired) electrons. The monoisotopic (exact) mass is 343 g/mol. The molecule has 0 saturated carbocycles. The number of imidazole rings is 1. The molecule has 0 bridgehead atoms. The van der Waals surface area contributed by atoms with E-state index in [-0.39, 0.29) is 5.82 Å². The van der Waals surface area contributed by atoms with Crippen LogP contribution < -0.4 is 0 Å². The van der Waals surface area contributed by atoms with Crippen molar-refractivity contribution in [2.24, 2.45) is 0 Å². The SMILES string of the molecule is CCn1c(-c2c(F)cccc2Br)nc2cc(C#N)ccc21. The minimum Gasteiger partial charge on any atom is -0.324 e. The molecule has 5 heteroatoms. The number of fused-ring (bicyclic) bond motifs is 1. The highest BCUT2D eigenvalue weighted by Gasteiger charge is 2.17. The number of nitriles is 1. The van der Waals surface area contributed by atoms with Gasteiger partial charge in [0, 0.05) is 11.0 Å². The summed E-state index contributed by atoms with van der Waals surface area (Å²) in [5, 5.41) is 8.98. The Bertz CT molecular complexity index is 857. The number of rotatable bonds is 2. The molecule has 0 aliphatic carbocycles. The van der Waals surface area contributed by atoms with Crippen molar-refractivity contribution >= 4 is 27.0 Å². The van der Waals surface area contributed by atoms with E-state index in [0.29, 0.717) is 33.5 Å². The molecule has 0 unspecified atom stereocenters. The highest BCUT2D eigenvalue weighted by atomic mass is 79.9. The van der Waals surface area contributed by atoms with Crippen LogP contribution in [0.4, 0.5) is 4.39 Å². The van der Waals surface area contributed by atoms with E-state index in [4.69, 9.17) is 5.26 Å². The lowest BCUT2D eigenvalue weighted by Crippen LogP contribution is -1.99. The van der Waals surface area contributed by atoms with Crippen molar-refractivity contribution in [3.05, 3.63) is 52.3 Å². The third-order valence-electron chi connectivity index (χ3n) is 3.38. The van der Waals surface area contributed by atoms with Gasteiger partial charge in [0.05, 0.1) is 28.2 Å². The summed E-state index contributed by atoms with van der Waals surface area (Å²) in [6, 6.07) is 12.3. The van der Waals surface area contributed by atoms with E-state index in [1.165, 1.54) is 6.07 Å². The van der Waals surface area contributed by atoms with Gasteiger partial charge in [0.2, 0.25) is 0 Å². The van der Waals surface area contributed by atoms with Gasteiger partial charge in [0.15, 0.2) is 0 Å². The summed E-state index contributed by atoms with van der Waals surface area (Å²) >= 11 is 3.39. The Morgan fingerprint density at radius 3 is 2.81 bits per heavy atom. The van der Waals surface area contributed by atoms with Gasteiger partial charge in [-0.3, -0.25) is 0 Å². The highest BCUT2D eigenvalue weighted by molar-refractivity contribution is 9.10. The summed E-state index contributed by atoms with van der Waals surface area (Å²) in [6.07, 6.45) is 0. The van der Waals surface area contributed by atoms with Crippen LogP contribution in [0.1, 0.15) is 12.5 Å². The summed E-state index contributed by atoms with van der Waals surface area (Å²) in [7, 11) is 0. The largest absolute Gasteiger partial charge is 0.324 e. The van der Waals surface area contributed by atoms with Crippen LogP contribution in [0.3, 0.4) is 0 Å². The summed E-state index contributed by atoms with van der Waals surface area (Å²) < 4.78 is 16.8. The van der Waals surface area contributed by atoms with E-state index in [9.17, 15) is 4.39 Å². The maximum absolute atomic E-state index is 14.2. The maximum Gasteiger partial charge on any atom is 0.145 e. The molecule has 0 aliphatic heterocycles. The first-order valence-electron chi connectivity index (χ1n) is 6.50. The number of hydrogen-bond acceptors (Lipinski definition) is 2. The molecule has 0 spiro atoms. The minimum absolute atomic E-state index is 0.324. The lowest BCUT2D eigenvalue weighted by atomic mass is 10.2. The molecule has 3 rings (SSSR count). The van der Waals surface area contributed by atoms with E-state index in [0.717, 1.165) is 5.52 Å². The van der Waals surface area contributed by atoms with Crippen molar-refractivity contribution < 1.29 is 4.39 Å². The highest BCUT2D eigenvalue weighted by Crippen LogP contribution is 2.32. The summed E-state index contributed by atoms with van der Waals surface area (Å²) in [5.41, 5.74) is 2.57. The van der Waals surface area contributed by atoms with Gasteiger partial charge in [-0.05, 0) is 53.2 Å². The quantitative estimate of drug-likeness (QED) is 0.687. The van der Waals surface area contributed by atoms with Crippen molar-refractivity contribution in [2.75, 3.05) is 0 Å². The molecule has 0 atom stereocenters. The predicted octanol–water partition coefficient (Wildman–Crippen LogP) is 4.50. The molecule has 3 nitrogen and oxygen atoms in total. The number of aromatic nitrogens is 2. The molecule has 1 aromatic heterocycles. The first-order chi connectivity index (χ1) is 10.2. The Balaban J connectivity index is 2.35. The van der Waals surface area contributed by atoms with E-state index >= 15 is 0 Å². The van der Waals surface area contributed by atoms with Gasteiger partial charge in [0.1, 0.15) is 11.6 Å². The van der Waals surface area contributed by atoms with Crippen LogP contribution >= 0.6 is 15.9 Å². The summed E-state index contributed by atoms with van der Waals surface area (Å²) in [4.78, 5) is 4.53. The van der Waals surface area contributed by atoms with Crippen molar-refractivity contribution in [3.63, 3.8) is 0 Å². The second kappa shape index (κ2) is 5.30. The van der Waals surface area contributed by atoms with Crippen LogP contribution in [0, 0.1) is 17.1 Å². The fraction of sp³-hybridized carbons (Fsp3) is 0.125. The van der Waals surface area contributed by atoms with E-state index in [1.54, 1.807) is 24.3 Å². The van der Waals surface area contributed by atoms with Crippen LogP contribution in [0.15, 0.2) is 40.9 Å². The van der Waals surface area contributed by atoms with Crippen LogP contribution in [-0.4, -0.2) is 9.55 Å². The smallest absolute Gasteiger partial charge is 0.145 e. The molecule has 2 aromatic carbocycles. The zero-order chi connectivity index (χ0) is 15.0. The molecule has 1 heterocycles. The second-order valence-electron chi connectivity index (χ2n) is 4.59. The number of benzene rings is 2. The lowest BCUT2D eigenvalue weighted by Gasteiger charge is -2.08. The lowest BCUT2D eigenvalue weighted by molar-refractivity contribution is 0.627. The minimum atomic E-state index is -0.324. The Kier molecular flexibility index (Phi) is 3.48. The van der Waals surface area contributed by atoms with Crippen LogP contribution in [0.2, 0.25) is 0 Å².